The first kappa shape index (κ1) is 15.9. The number of carbonyl (C=O) groups is 1. The van der Waals surface area contributed by atoms with E-state index in [1.54, 1.807) is 0 Å². The first-order valence-corrected chi connectivity index (χ1v) is 6.27. The Labute approximate surface area is 122 Å². The lowest BCUT2D eigenvalue weighted by molar-refractivity contribution is 0.0982. The van der Waals surface area contributed by atoms with E-state index in [-0.39, 0.29) is 12.2 Å². The van der Waals surface area contributed by atoms with E-state index in [2.05, 4.69) is 0 Å². The molecule has 0 aliphatic carbocycles. The quantitative estimate of drug-likeness (QED) is 0.475. The van der Waals surface area contributed by atoms with Gasteiger partial charge in [-0.3, -0.25) is 4.79 Å². The average Bonchev–Trinajstić information content (AvgIpc) is 2.51. The van der Waals surface area contributed by atoms with Gasteiger partial charge in [-0.15, -0.1) is 0 Å². The summed E-state index contributed by atoms with van der Waals surface area (Å²) in [5, 5.41) is 0. The molecule has 1 amide bonds. The average molecular weight is 315 g/mol. The minimum atomic E-state index is -2.06. The monoisotopic (exact) mass is 315 g/mol. The van der Waals surface area contributed by atoms with E-state index < -0.39 is 40.6 Å². The van der Waals surface area contributed by atoms with Crippen molar-refractivity contribution in [3.8, 4) is 0 Å². The normalized spacial score (nSPS) is 10.6. The third-order valence-electron chi connectivity index (χ3n) is 3.03. The molecule has 2 aromatic carbocycles. The predicted octanol–water partition coefficient (Wildman–Crippen LogP) is 4.05. The summed E-state index contributed by atoms with van der Waals surface area (Å²) < 4.78 is 65.9. The van der Waals surface area contributed by atoms with Crippen molar-refractivity contribution in [1.82, 2.24) is 0 Å². The van der Waals surface area contributed by atoms with Crippen LogP contribution in [0.3, 0.4) is 0 Å². The summed E-state index contributed by atoms with van der Waals surface area (Å²) in [5.41, 5.74) is -0.735. The van der Waals surface area contributed by atoms with Gasteiger partial charge in [0.25, 0.3) is 5.91 Å². The molecule has 0 saturated heterocycles. The van der Waals surface area contributed by atoms with E-state index in [0.717, 1.165) is 17.0 Å². The molecule has 116 valence electrons. The van der Waals surface area contributed by atoms with E-state index in [0.29, 0.717) is 6.07 Å². The summed E-state index contributed by atoms with van der Waals surface area (Å²) in [6.07, 6.45) is 0. The number of nitrogens with zero attached hydrogens (tertiary/aromatic N) is 1. The third-order valence-corrected chi connectivity index (χ3v) is 3.03. The van der Waals surface area contributed by atoms with Crippen LogP contribution < -0.4 is 4.90 Å². The van der Waals surface area contributed by atoms with Crippen molar-refractivity contribution >= 4 is 11.6 Å². The van der Waals surface area contributed by atoms with E-state index >= 15 is 0 Å². The lowest BCUT2D eigenvalue weighted by Gasteiger charge is -2.21. The van der Waals surface area contributed by atoms with Gasteiger partial charge in [-0.25, -0.2) is 22.0 Å². The van der Waals surface area contributed by atoms with Crippen LogP contribution in [-0.2, 0) is 0 Å². The minimum Gasteiger partial charge on any atom is -0.309 e. The fourth-order valence-corrected chi connectivity index (χ4v) is 1.94. The SMILES string of the molecule is CCN(C(=O)c1cc(F)c(F)c(F)c1F)c1ccc(F)cc1. The zero-order chi connectivity index (χ0) is 16.4. The molecule has 0 bridgehead atoms. The van der Waals surface area contributed by atoms with Crippen LogP contribution in [0.1, 0.15) is 17.3 Å². The zero-order valence-corrected chi connectivity index (χ0v) is 11.3. The van der Waals surface area contributed by atoms with E-state index in [9.17, 15) is 26.7 Å². The number of amides is 1. The molecule has 2 aromatic rings. The molecule has 0 aliphatic heterocycles. The molecule has 0 fully saturated rings. The fraction of sp³-hybridized carbons (Fsp3) is 0.133. The van der Waals surface area contributed by atoms with E-state index in [1.807, 2.05) is 0 Å². The maximum Gasteiger partial charge on any atom is 0.261 e. The lowest BCUT2D eigenvalue weighted by Crippen LogP contribution is -2.31. The molecule has 2 rings (SSSR count). The van der Waals surface area contributed by atoms with Gasteiger partial charge in [0.05, 0.1) is 5.56 Å². The number of hydrogen-bond donors (Lipinski definition) is 0. The van der Waals surface area contributed by atoms with Crippen molar-refractivity contribution in [2.24, 2.45) is 0 Å². The number of hydrogen-bond acceptors (Lipinski definition) is 1. The van der Waals surface area contributed by atoms with Crippen LogP contribution in [0.4, 0.5) is 27.6 Å². The first-order valence-electron chi connectivity index (χ1n) is 6.27. The van der Waals surface area contributed by atoms with E-state index in [1.165, 1.54) is 19.1 Å². The van der Waals surface area contributed by atoms with Crippen LogP contribution in [0.5, 0.6) is 0 Å². The maximum atomic E-state index is 13.7. The Balaban J connectivity index is 2.47. The second kappa shape index (κ2) is 6.13. The van der Waals surface area contributed by atoms with Gasteiger partial charge in [0.15, 0.2) is 23.3 Å². The lowest BCUT2D eigenvalue weighted by atomic mass is 10.1. The Hall–Kier alpha value is -2.44. The molecule has 0 atom stereocenters. The molecule has 7 heteroatoms. The topological polar surface area (TPSA) is 20.3 Å². The largest absolute Gasteiger partial charge is 0.309 e. The Kier molecular flexibility index (Phi) is 4.44. The summed E-state index contributed by atoms with van der Waals surface area (Å²) in [6.45, 7) is 1.57. The maximum absolute atomic E-state index is 13.7. The molecule has 0 saturated carbocycles. The Morgan fingerprint density at radius 1 is 0.955 bits per heavy atom. The van der Waals surface area contributed by atoms with Gasteiger partial charge >= 0.3 is 0 Å². The summed E-state index contributed by atoms with van der Waals surface area (Å²) in [4.78, 5) is 13.2. The van der Waals surface area contributed by atoms with Crippen molar-refractivity contribution in [1.29, 1.82) is 0 Å². The molecule has 2 nitrogen and oxygen atoms in total. The van der Waals surface area contributed by atoms with Gasteiger partial charge in [0.2, 0.25) is 0 Å². The zero-order valence-electron chi connectivity index (χ0n) is 11.3. The highest BCUT2D eigenvalue weighted by Crippen LogP contribution is 2.23. The molecule has 0 aromatic heterocycles. The highest BCUT2D eigenvalue weighted by molar-refractivity contribution is 6.06. The van der Waals surface area contributed by atoms with Crippen molar-refractivity contribution in [3.05, 3.63) is 65.0 Å². The molecule has 0 radical (unpaired) electrons. The molecule has 0 N–H and O–H groups in total. The van der Waals surface area contributed by atoms with Gasteiger partial charge in [-0.05, 0) is 37.3 Å². The minimum absolute atomic E-state index is 0.0323. The Morgan fingerprint density at radius 2 is 1.55 bits per heavy atom. The van der Waals surface area contributed by atoms with Gasteiger partial charge in [-0.1, -0.05) is 0 Å². The molecule has 0 aliphatic rings. The number of halogens is 5. The second-order valence-corrected chi connectivity index (χ2v) is 4.37. The summed E-state index contributed by atoms with van der Waals surface area (Å²) >= 11 is 0. The van der Waals surface area contributed by atoms with Crippen molar-refractivity contribution < 1.29 is 26.7 Å². The van der Waals surface area contributed by atoms with Crippen molar-refractivity contribution in [2.45, 2.75) is 6.92 Å². The molecule has 22 heavy (non-hydrogen) atoms. The number of benzene rings is 2. The van der Waals surface area contributed by atoms with Crippen LogP contribution in [0, 0.1) is 29.1 Å². The predicted molar refractivity (Wildman–Crippen MR) is 70.0 cm³/mol. The highest BCUT2D eigenvalue weighted by atomic mass is 19.2. The first-order chi connectivity index (χ1) is 10.4. The van der Waals surface area contributed by atoms with Crippen molar-refractivity contribution in [3.63, 3.8) is 0 Å². The standard InChI is InChI=1S/C15H10F5NO/c1-2-21(9-5-3-8(16)4-6-9)15(22)10-7-11(17)13(19)14(20)12(10)18/h3-7H,2H2,1H3. The summed E-state index contributed by atoms with van der Waals surface area (Å²) in [6, 6.07) is 4.96. The second-order valence-electron chi connectivity index (χ2n) is 4.37. The van der Waals surface area contributed by atoms with Crippen LogP contribution in [-0.4, -0.2) is 12.5 Å². The van der Waals surface area contributed by atoms with Crippen molar-refractivity contribution in [2.75, 3.05) is 11.4 Å². The van der Waals surface area contributed by atoms with Gasteiger partial charge < -0.3 is 4.90 Å². The Bertz CT molecular complexity index is 715. The van der Waals surface area contributed by atoms with Crippen LogP contribution in [0.2, 0.25) is 0 Å². The van der Waals surface area contributed by atoms with E-state index in [4.69, 9.17) is 0 Å². The number of anilines is 1. The Morgan fingerprint density at radius 3 is 2.09 bits per heavy atom. The van der Waals surface area contributed by atoms with Gasteiger partial charge in [0.1, 0.15) is 5.82 Å². The molecular formula is C15H10F5NO. The van der Waals surface area contributed by atoms with Crippen LogP contribution in [0.25, 0.3) is 0 Å². The fourth-order valence-electron chi connectivity index (χ4n) is 1.94. The summed E-state index contributed by atoms with van der Waals surface area (Å²) in [5.74, 6) is -9.10. The molecular weight excluding hydrogens is 305 g/mol. The van der Waals surface area contributed by atoms with Crippen LogP contribution in [0.15, 0.2) is 30.3 Å². The van der Waals surface area contributed by atoms with Gasteiger partial charge in [-0.2, -0.15) is 0 Å². The molecule has 0 spiro atoms. The molecule has 0 heterocycles. The highest BCUT2D eigenvalue weighted by Gasteiger charge is 2.26. The third kappa shape index (κ3) is 2.79. The number of carbonyl (C=O) groups excluding carboxylic acids is 1. The summed E-state index contributed by atoms with van der Waals surface area (Å²) in [7, 11) is 0. The van der Waals surface area contributed by atoms with Gasteiger partial charge in [0, 0.05) is 12.2 Å². The molecule has 0 unspecified atom stereocenters. The number of rotatable bonds is 3. The van der Waals surface area contributed by atoms with Crippen LogP contribution >= 0.6 is 0 Å². The smallest absolute Gasteiger partial charge is 0.261 e.